The molecule has 5 heteroatoms. The van der Waals surface area contributed by atoms with E-state index in [2.05, 4.69) is 5.32 Å². The van der Waals surface area contributed by atoms with Gasteiger partial charge in [-0.2, -0.15) is 0 Å². The molecule has 0 saturated carbocycles. The number of nitrogens with one attached hydrogen (secondary N) is 1. The van der Waals surface area contributed by atoms with Gasteiger partial charge in [0.1, 0.15) is 0 Å². The van der Waals surface area contributed by atoms with Crippen LogP contribution in [0.2, 0.25) is 0 Å². The lowest BCUT2D eigenvalue weighted by molar-refractivity contribution is -0.137. The van der Waals surface area contributed by atoms with Crippen LogP contribution in [0, 0.1) is 5.92 Å². The molecule has 0 aliphatic carbocycles. The third-order valence-corrected chi connectivity index (χ3v) is 3.28. The van der Waals surface area contributed by atoms with E-state index in [1.165, 1.54) is 0 Å². The van der Waals surface area contributed by atoms with E-state index < -0.39 is 6.10 Å². The first kappa shape index (κ1) is 15.6. The average molecular weight is 267 g/mol. The normalized spacial score (nSPS) is 22.1. The van der Waals surface area contributed by atoms with Gasteiger partial charge in [0.25, 0.3) is 0 Å². The van der Waals surface area contributed by atoms with Crippen molar-refractivity contribution in [1.82, 2.24) is 5.32 Å². The van der Waals surface area contributed by atoms with Crippen LogP contribution in [-0.2, 0) is 14.4 Å². The lowest BCUT2D eigenvalue weighted by atomic mass is 9.90. The van der Waals surface area contributed by atoms with Crippen LogP contribution in [0.5, 0.6) is 0 Å². The number of hydrogen-bond acceptors (Lipinski definition) is 4. The van der Waals surface area contributed by atoms with E-state index in [1.54, 1.807) is 6.92 Å². The average Bonchev–Trinajstić information content (AvgIpc) is 2.33. The fraction of sp³-hybridized carbons (Fsp3) is 0.643. The Hall–Kier alpha value is -1.49. The minimum Gasteiger partial charge on any atom is -0.393 e. The molecule has 0 spiro atoms. The maximum absolute atomic E-state index is 11.7. The SMILES string of the molecule is CCC=C(C)C(=O)CC(O)CC1CCC(=O)NC1=O. The van der Waals surface area contributed by atoms with Crippen LogP contribution in [0.15, 0.2) is 11.6 Å². The fourth-order valence-corrected chi connectivity index (χ4v) is 2.17. The van der Waals surface area contributed by atoms with Gasteiger partial charge in [-0.3, -0.25) is 19.7 Å². The van der Waals surface area contributed by atoms with Crippen LogP contribution in [0.4, 0.5) is 0 Å². The lowest BCUT2D eigenvalue weighted by Gasteiger charge is -2.22. The molecule has 0 radical (unpaired) electrons. The van der Waals surface area contributed by atoms with E-state index in [9.17, 15) is 19.5 Å². The van der Waals surface area contributed by atoms with Gasteiger partial charge in [-0.1, -0.05) is 13.0 Å². The molecule has 1 aliphatic heterocycles. The molecule has 1 aliphatic rings. The van der Waals surface area contributed by atoms with Crippen molar-refractivity contribution in [2.75, 3.05) is 0 Å². The molecule has 2 atom stereocenters. The van der Waals surface area contributed by atoms with Gasteiger partial charge in [0.15, 0.2) is 5.78 Å². The zero-order valence-electron chi connectivity index (χ0n) is 11.4. The molecule has 2 unspecified atom stereocenters. The molecule has 0 aromatic carbocycles. The van der Waals surface area contributed by atoms with Crippen LogP contribution < -0.4 is 5.32 Å². The van der Waals surface area contributed by atoms with Gasteiger partial charge >= 0.3 is 0 Å². The van der Waals surface area contributed by atoms with Crippen LogP contribution >= 0.6 is 0 Å². The number of imide groups is 1. The van der Waals surface area contributed by atoms with E-state index >= 15 is 0 Å². The van der Waals surface area contributed by atoms with Crippen molar-refractivity contribution in [3.05, 3.63) is 11.6 Å². The zero-order chi connectivity index (χ0) is 14.4. The van der Waals surface area contributed by atoms with Crippen LogP contribution in [0.1, 0.15) is 46.0 Å². The number of hydrogen-bond donors (Lipinski definition) is 2. The summed E-state index contributed by atoms with van der Waals surface area (Å²) in [6.07, 6.45) is 2.76. The van der Waals surface area contributed by atoms with Crippen LogP contribution in [0.25, 0.3) is 0 Å². The standard InChI is InChI=1S/C14H21NO4/c1-3-4-9(2)12(17)8-11(16)7-10-5-6-13(18)15-14(10)19/h4,10-11,16H,3,5-8H2,1-2H3,(H,15,18,19). The highest BCUT2D eigenvalue weighted by molar-refractivity contribution is 5.98. The topological polar surface area (TPSA) is 83.5 Å². The number of aliphatic hydroxyl groups excluding tert-OH is 1. The first-order chi connectivity index (χ1) is 8.93. The van der Waals surface area contributed by atoms with Gasteiger partial charge in [0.2, 0.25) is 11.8 Å². The molecule has 1 saturated heterocycles. The predicted molar refractivity (Wildman–Crippen MR) is 70.2 cm³/mol. The lowest BCUT2D eigenvalue weighted by Crippen LogP contribution is -2.42. The van der Waals surface area contributed by atoms with Gasteiger partial charge in [0, 0.05) is 18.8 Å². The highest BCUT2D eigenvalue weighted by Crippen LogP contribution is 2.20. The second-order valence-corrected chi connectivity index (χ2v) is 4.96. The second kappa shape index (κ2) is 7.19. The van der Waals surface area contributed by atoms with E-state index in [4.69, 9.17) is 0 Å². The summed E-state index contributed by atoms with van der Waals surface area (Å²) in [5.41, 5.74) is 0.643. The van der Waals surface area contributed by atoms with Crippen molar-refractivity contribution in [1.29, 1.82) is 0 Å². The smallest absolute Gasteiger partial charge is 0.229 e. The molecule has 1 rings (SSSR count). The third kappa shape index (κ3) is 4.95. The van der Waals surface area contributed by atoms with Crippen molar-refractivity contribution in [2.24, 2.45) is 5.92 Å². The molecule has 2 N–H and O–H groups in total. The van der Waals surface area contributed by atoms with Crippen molar-refractivity contribution in [3.8, 4) is 0 Å². The highest BCUT2D eigenvalue weighted by atomic mass is 16.3. The molecule has 1 heterocycles. The van der Waals surface area contributed by atoms with Gasteiger partial charge in [0.05, 0.1) is 6.10 Å². The summed E-state index contributed by atoms with van der Waals surface area (Å²) in [4.78, 5) is 34.2. The number of allylic oxidation sites excluding steroid dienone is 2. The molecule has 0 bridgehead atoms. The predicted octanol–water partition coefficient (Wildman–Crippen LogP) is 1.11. The Kier molecular flexibility index (Phi) is 5.89. The molecule has 0 aromatic heterocycles. The summed E-state index contributed by atoms with van der Waals surface area (Å²) in [5.74, 6) is -1.09. The number of carbonyl (C=O) groups is 3. The summed E-state index contributed by atoms with van der Waals surface area (Å²) in [6, 6.07) is 0. The number of carbonyl (C=O) groups excluding carboxylic acids is 3. The minimum atomic E-state index is -0.836. The minimum absolute atomic E-state index is 0.0278. The Morgan fingerprint density at radius 2 is 2.21 bits per heavy atom. The van der Waals surface area contributed by atoms with Crippen molar-refractivity contribution in [3.63, 3.8) is 0 Å². The first-order valence-corrected chi connectivity index (χ1v) is 6.65. The molecule has 0 aromatic rings. The van der Waals surface area contributed by atoms with Crippen LogP contribution in [-0.4, -0.2) is 28.8 Å². The van der Waals surface area contributed by atoms with Crippen molar-refractivity contribution in [2.45, 2.75) is 52.1 Å². The summed E-state index contributed by atoms with van der Waals surface area (Å²) in [5, 5.41) is 12.1. The third-order valence-electron chi connectivity index (χ3n) is 3.28. The van der Waals surface area contributed by atoms with Crippen molar-refractivity contribution < 1.29 is 19.5 Å². The molecule has 2 amide bonds. The van der Waals surface area contributed by atoms with Crippen molar-refractivity contribution >= 4 is 17.6 Å². The maximum Gasteiger partial charge on any atom is 0.229 e. The van der Waals surface area contributed by atoms with Gasteiger partial charge in [-0.05, 0) is 31.8 Å². The maximum atomic E-state index is 11.7. The van der Waals surface area contributed by atoms with Gasteiger partial charge < -0.3 is 5.11 Å². The molecule has 5 nitrogen and oxygen atoms in total. The van der Waals surface area contributed by atoms with E-state index in [1.807, 2.05) is 13.0 Å². The largest absolute Gasteiger partial charge is 0.393 e. The zero-order valence-corrected chi connectivity index (χ0v) is 11.4. The monoisotopic (exact) mass is 267 g/mol. The Morgan fingerprint density at radius 1 is 1.53 bits per heavy atom. The van der Waals surface area contributed by atoms with E-state index in [0.29, 0.717) is 18.4 Å². The molecular weight excluding hydrogens is 246 g/mol. The summed E-state index contributed by atoms with van der Waals surface area (Å²) in [6.45, 7) is 3.67. The number of Topliss-reactive ketones (excluding diaryl/α,β-unsaturated/α-hetero) is 1. The molecule has 19 heavy (non-hydrogen) atoms. The number of piperidine rings is 1. The van der Waals surface area contributed by atoms with Gasteiger partial charge in [-0.25, -0.2) is 0 Å². The summed E-state index contributed by atoms with van der Waals surface area (Å²) in [7, 11) is 0. The first-order valence-electron chi connectivity index (χ1n) is 6.65. The van der Waals surface area contributed by atoms with Gasteiger partial charge in [-0.15, -0.1) is 0 Å². The Balaban J connectivity index is 2.45. The quantitative estimate of drug-likeness (QED) is 0.557. The second-order valence-electron chi connectivity index (χ2n) is 4.96. The highest BCUT2D eigenvalue weighted by Gasteiger charge is 2.29. The molecule has 1 fully saturated rings. The number of rotatable bonds is 6. The Morgan fingerprint density at radius 3 is 2.79 bits per heavy atom. The van der Waals surface area contributed by atoms with E-state index in [-0.39, 0.29) is 36.4 Å². The number of ketones is 1. The summed E-state index contributed by atoms with van der Waals surface area (Å²) < 4.78 is 0. The number of amides is 2. The van der Waals surface area contributed by atoms with E-state index in [0.717, 1.165) is 6.42 Å². The Bertz CT molecular complexity index is 400. The fourth-order valence-electron chi connectivity index (χ4n) is 2.17. The molecule has 106 valence electrons. The van der Waals surface area contributed by atoms with Crippen LogP contribution in [0.3, 0.4) is 0 Å². The molecular formula is C14H21NO4. The Labute approximate surface area is 113 Å². The number of aliphatic hydroxyl groups is 1. The summed E-state index contributed by atoms with van der Waals surface area (Å²) >= 11 is 0.